The van der Waals surface area contributed by atoms with Crippen molar-refractivity contribution < 1.29 is 12.6 Å². The van der Waals surface area contributed by atoms with E-state index < -0.39 is 10.1 Å². The number of fused-ring (bicyclic) bond motifs is 1. The van der Waals surface area contributed by atoms with Crippen molar-refractivity contribution in [3.05, 3.63) is 35.2 Å². The molecule has 17 heavy (non-hydrogen) atoms. The smallest absolute Gasteiger partial charge is 0.270 e. The molecular weight excluding hydrogens is 256 g/mol. The summed E-state index contributed by atoms with van der Waals surface area (Å²) < 4.78 is 29.1. The van der Waals surface area contributed by atoms with Crippen LogP contribution in [-0.2, 0) is 20.7 Å². The van der Waals surface area contributed by atoms with Gasteiger partial charge in [-0.25, -0.2) is 0 Å². The lowest BCUT2D eigenvalue weighted by Gasteiger charge is -2.04. The van der Waals surface area contributed by atoms with E-state index in [0.717, 1.165) is 4.88 Å². The average molecular weight is 268 g/mol. The second kappa shape index (κ2) is 4.08. The second-order valence-electron chi connectivity index (χ2n) is 4.18. The predicted molar refractivity (Wildman–Crippen MR) is 68.8 cm³/mol. The maximum atomic E-state index is 11.6. The van der Waals surface area contributed by atoms with Gasteiger partial charge in [0.15, 0.2) is 0 Å². The molecule has 0 bridgehead atoms. The van der Waals surface area contributed by atoms with Gasteiger partial charge in [-0.15, -0.1) is 11.3 Å². The maximum absolute atomic E-state index is 11.6. The molecule has 1 aromatic carbocycles. The molecule has 0 aliphatic carbocycles. The molecule has 3 rings (SSSR count). The molecule has 2 heterocycles. The van der Waals surface area contributed by atoms with Crippen molar-refractivity contribution in [1.29, 1.82) is 0 Å². The van der Waals surface area contributed by atoms with E-state index in [2.05, 4.69) is 18.2 Å². The molecule has 1 unspecified atom stereocenters. The van der Waals surface area contributed by atoms with Crippen LogP contribution < -0.4 is 0 Å². The van der Waals surface area contributed by atoms with Crippen LogP contribution in [0.15, 0.2) is 30.3 Å². The fraction of sp³-hybridized carbons (Fsp3) is 0.333. The molecule has 1 aliphatic rings. The van der Waals surface area contributed by atoms with Crippen LogP contribution in [0, 0.1) is 0 Å². The Hall–Kier alpha value is -0.910. The van der Waals surface area contributed by atoms with Crippen molar-refractivity contribution in [2.45, 2.75) is 18.1 Å². The van der Waals surface area contributed by atoms with Gasteiger partial charge in [0, 0.05) is 16.0 Å². The van der Waals surface area contributed by atoms with Gasteiger partial charge >= 0.3 is 0 Å². The molecule has 1 aliphatic heterocycles. The Bertz CT molecular complexity index is 610. The highest BCUT2D eigenvalue weighted by Crippen LogP contribution is 2.29. The summed E-state index contributed by atoms with van der Waals surface area (Å²) in [4.78, 5) is 1.12. The zero-order valence-corrected chi connectivity index (χ0v) is 10.8. The third-order valence-electron chi connectivity index (χ3n) is 3.00. The van der Waals surface area contributed by atoms with Gasteiger partial charge in [-0.2, -0.15) is 8.42 Å². The number of hydrogen-bond donors (Lipinski definition) is 0. The highest BCUT2D eigenvalue weighted by atomic mass is 32.2. The average Bonchev–Trinajstić information content (AvgIpc) is 2.82. The summed E-state index contributed by atoms with van der Waals surface area (Å²) in [6, 6.07) is 10.2. The van der Waals surface area contributed by atoms with Crippen molar-refractivity contribution >= 4 is 31.5 Å². The minimum Gasteiger partial charge on any atom is -0.270 e. The minimum absolute atomic E-state index is 0.331. The molecule has 0 radical (unpaired) electrons. The zero-order chi connectivity index (χ0) is 11.9. The maximum Gasteiger partial charge on any atom is 0.270 e. The van der Waals surface area contributed by atoms with Gasteiger partial charge in [0.05, 0.1) is 11.9 Å². The number of hydrogen-bond acceptors (Lipinski definition) is 4. The van der Waals surface area contributed by atoms with E-state index in [9.17, 15) is 8.42 Å². The molecule has 1 atom stereocenters. The molecule has 0 spiro atoms. The summed E-state index contributed by atoms with van der Waals surface area (Å²) in [7, 11) is -3.32. The molecule has 5 heteroatoms. The summed E-state index contributed by atoms with van der Waals surface area (Å²) in [6.07, 6.45) is 1.18. The first-order valence-corrected chi connectivity index (χ1v) is 7.80. The first-order chi connectivity index (χ1) is 8.15. The molecule has 2 aromatic rings. The topological polar surface area (TPSA) is 43.4 Å². The van der Waals surface area contributed by atoms with Gasteiger partial charge in [-0.3, -0.25) is 4.18 Å². The lowest BCUT2D eigenvalue weighted by molar-refractivity contribution is 0.354. The number of rotatable bonds is 2. The molecular formula is C12H12O3S2. The minimum atomic E-state index is -3.32. The molecule has 0 saturated carbocycles. The molecule has 3 nitrogen and oxygen atoms in total. The van der Waals surface area contributed by atoms with Crippen LogP contribution in [0.2, 0.25) is 0 Å². The van der Waals surface area contributed by atoms with E-state index in [-0.39, 0.29) is 5.25 Å². The van der Waals surface area contributed by atoms with E-state index in [0.29, 0.717) is 19.4 Å². The van der Waals surface area contributed by atoms with Crippen LogP contribution in [-0.4, -0.2) is 20.3 Å². The van der Waals surface area contributed by atoms with Crippen LogP contribution in [0.25, 0.3) is 10.1 Å². The molecule has 1 saturated heterocycles. The quantitative estimate of drug-likeness (QED) is 0.786. The van der Waals surface area contributed by atoms with Crippen LogP contribution in [0.1, 0.15) is 11.3 Å². The predicted octanol–water partition coefficient (Wildman–Crippen LogP) is 2.56. The Balaban J connectivity index is 1.90. The molecule has 0 amide bonds. The Labute approximate surface area is 104 Å². The third-order valence-corrected chi connectivity index (χ3v) is 5.85. The fourth-order valence-corrected chi connectivity index (χ4v) is 4.64. The normalized spacial score (nSPS) is 23.2. The summed E-state index contributed by atoms with van der Waals surface area (Å²) in [6.45, 7) is 0.331. The Morgan fingerprint density at radius 1 is 1.35 bits per heavy atom. The molecule has 1 fully saturated rings. The first kappa shape index (κ1) is 11.2. The first-order valence-electron chi connectivity index (χ1n) is 5.51. The van der Waals surface area contributed by atoms with Crippen molar-refractivity contribution in [1.82, 2.24) is 0 Å². The third kappa shape index (κ3) is 2.10. The Morgan fingerprint density at radius 3 is 2.88 bits per heavy atom. The monoisotopic (exact) mass is 268 g/mol. The van der Waals surface area contributed by atoms with Crippen LogP contribution in [0.4, 0.5) is 0 Å². The van der Waals surface area contributed by atoms with E-state index in [1.165, 1.54) is 10.1 Å². The van der Waals surface area contributed by atoms with E-state index >= 15 is 0 Å². The van der Waals surface area contributed by atoms with Crippen molar-refractivity contribution in [3.8, 4) is 0 Å². The number of thiophene rings is 1. The van der Waals surface area contributed by atoms with Crippen LogP contribution in [0.5, 0.6) is 0 Å². The van der Waals surface area contributed by atoms with Crippen LogP contribution in [0.3, 0.4) is 0 Å². The van der Waals surface area contributed by atoms with E-state index in [4.69, 9.17) is 4.18 Å². The zero-order valence-electron chi connectivity index (χ0n) is 9.13. The van der Waals surface area contributed by atoms with Gasteiger partial charge in [-0.1, -0.05) is 18.2 Å². The fourth-order valence-electron chi connectivity index (χ4n) is 2.10. The van der Waals surface area contributed by atoms with Gasteiger partial charge in [-0.05, 0) is 23.9 Å². The summed E-state index contributed by atoms with van der Waals surface area (Å²) in [5, 5.41) is 0.819. The lowest BCUT2D eigenvalue weighted by Crippen LogP contribution is -2.16. The highest BCUT2D eigenvalue weighted by Gasteiger charge is 2.32. The SMILES string of the molecule is O=S1(=O)OCCC1Cc1cc2ccccc2s1. The largest absolute Gasteiger partial charge is 0.270 e. The van der Waals surface area contributed by atoms with Crippen molar-refractivity contribution in [2.24, 2.45) is 0 Å². The van der Waals surface area contributed by atoms with E-state index in [1.54, 1.807) is 11.3 Å². The molecule has 1 aromatic heterocycles. The summed E-state index contributed by atoms with van der Waals surface area (Å²) in [5.74, 6) is 0. The highest BCUT2D eigenvalue weighted by molar-refractivity contribution is 7.87. The lowest BCUT2D eigenvalue weighted by atomic mass is 10.2. The van der Waals surface area contributed by atoms with Gasteiger partial charge in [0.1, 0.15) is 0 Å². The second-order valence-corrected chi connectivity index (χ2v) is 7.24. The Morgan fingerprint density at radius 2 is 2.18 bits per heavy atom. The van der Waals surface area contributed by atoms with Gasteiger partial charge in [0.2, 0.25) is 0 Å². The summed E-state index contributed by atoms with van der Waals surface area (Å²) >= 11 is 1.66. The standard InChI is InChI=1S/C12H12O3S2/c13-17(14)11(5-6-15-17)8-10-7-9-3-1-2-4-12(9)16-10/h1-4,7,11H,5-6,8H2. The number of benzene rings is 1. The van der Waals surface area contributed by atoms with Gasteiger partial charge < -0.3 is 0 Å². The van der Waals surface area contributed by atoms with E-state index in [1.807, 2.05) is 12.1 Å². The summed E-state index contributed by atoms with van der Waals surface area (Å²) in [5.41, 5.74) is 0. The molecule has 90 valence electrons. The van der Waals surface area contributed by atoms with Gasteiger partial charge in [0.25, 0.3) is 10.1 Å². The molecule has 0 N–H and O–H groups in total. The van der Waals surface area contributed by atoms with Crippen molar-refractivity contribution in [2.75, 3.05) is 6.61 Å². The Kier molecular flexibility index (Phi) is 2.69. The van der Waals surface area contributed by atoms with Crippen molar-refractivity contribution in [3.63, 3.8) is 0 Å². The van der Waals surface area contributed by atoms with Crippen LogP contribution >= 0.6 is 11.3 Å².